The molecule has 0 aliphatic carbocycles. The van der Waals surface area contributed by atoms with Gasteiger partial charge in [-0.3, -0.25) is 19.3 Å². The van der Waals surface area contributed by atoms with E-state index in [1.807, 2.05) is 12.1 Å². The third-order valence-corrected chi connectivity index (χ3v) is 3.57. The predicted octanol–water partition coefficient (Wildman–Crippen LogP) is 1.45. The second-order valence-corrected chi connectivity index (χ2v) is 5.36. The molecule has 1 unspecified atom stereocenters. The van der Waals surface area contributed by atoms with Gasteiger partial charge in [-0.2, -0.15) is 0 Å². The second-order valence-electron chi connectivity index (χ2n) is 4.44. The molecule has 2 amide bonds. The summed E-state index contributed by atoms with van der Waals surface area (Å²) in [5.41, 5.74) is 0.791. The van der Waals surface area contributed by atoms with Crippen LogP contribution >= 0.6 is 15.9 Å². The van der Waals surface area contributed by atoms with Crippen LogP contribution in [0.5, 0.6) is 0 Å². The monoisotopic (exact) mass is 325 g/mol. The normalized spacial score (nSPS) is 18.7. The van der Waals surface area contributed by atoms with Crippen molar-refractivity contribution < 1.29 is 19.5 Å². The van der Waals surface area contributed by atoms with Gasteiger partial charge in [0, 0.05) is 17.4 Å². The first-order valence-electron chi connectivity index (χ1n) is 5.78. The van der Waals surface area contributed by atoms with Gasteiger partial charge in [0.25, 0.3) is 0 Å². The van der Waals surface area contributed by atoms with Crippen molar-refractivity contribution >= 4 is 33.7 Å². The van der Waals surface area contributed by atoms with Crippen molar-refractivity contribution in [3.8, 4) is 0 Å². The standard InChI is InChI=1S/C13H12BrNO4/c14-10-3-1-8(2-4-10)5-11(16)15-7-9(13(18)19)6-12(15)17/h1-4,9H,5-7H2,(H,18,19). The molecule has 1 atom stereocenters. The Kier molecular flexibility index (Phi) is 3.99. The van der Waals surface area contributed by atoms with E-state index in [0.29, 0.717) is 0 Å². The lowest BCUT2D eigenvalue weighted by Gasteiger charge is -2.13. The number of likely N-dealkylation sites (tertiary alicyclic amines) is 1. The van der Waals surface area contributed by atoms with Gasteiger partial charge >= 0.3 is 5.97 Å². The van der Waals surface area contributed by atoms with Crippen molar-refractivity contribution in [3.05, 3.63) is 34.3 Å². The van der Waals surface area contributed by atoms with Crippen LogP contribution in [0.25, 0.3) is 0 Å². The Balaban J connectivity index is 2.02. The van der Waals surface area contributed by atoms with Crippen LogP contribution in [0, 0.1) is 5.92 Å². The number of aliphatic carboxylic acids is 1. The minimum Gasteiger partial charge on any atom is -0.481 e. The molecule has 1 N–H and O–H groups in total. The summed E-state index contributed by atoms with van der Waals surface area (Å²) in [5, 5.41) is 8.86. The Labute approximate surface area is 118 Å². The van der Waals surface area contributed by atoms with Gasteiger partial charge in [-0.25, -0.2) is 0 Å². The van der Waals surface area contributed by atoms with Gasteiger partial charge in [0.15, 0.2) is 0 Å². The molecule has 0 saturated carbocycles. The SMILES string of the molecule is O=C(O)C1CC(=O)N(C(=O)Cc2ccc(Br)cc2)C1. The molecular formula is C13H12BrNO4. The third-order valence-electron chi connectivity index (χ3n) is 3.04. The van der Waals surface area contributed by atoms with Gasteiger partial charge in [-0.05, 0) is 17.7 Å². The van der Waals surface area contributed by atoms with E-state index in [1.165, 1.54) is 0 Å². The summed E-state index contributed by atoms with van der Waals surface area (Å²) in [5.74, 6) is -2.57. The number of carboxylic acids is 1. The maximum atomic E-state index is 12.0. The predicted molar refractivity (Wildman–Crippen MR) is 70.3 cm³/mol. The van der Waals surface area contributed by atoms with Gasteiger partial charge in [0.2, 0.25) is 11.8 Å². The molecule has 1 aliphatic heterocycles. The zero-order valence-electron chi connectivity index (χ0n) is 10.0. The summed E-state index contributed by atoms with van der Waals surface area (Å²) < 4.78 is 0.909. The van der Waals surface area contributed by atoms with Crippen molar-refractivity contribution in [3.63, 3.8) is 0 Å². The molecule has 5 nitrogen and oxygen atoms in total. The molecule has 19 heavy (non-hydrogen) atoms. The van der Waals surface area contributed by atoms with Crippen LogP contribution < -0.4 is 0 Å². The molecule has 0 radical (unpaired) electrons. The number of imide groups is 1. The minimum atomic E-state index is -1.03. The van der Waals surface area contributed by atoms with Gasteiger partial charge < -0.3 is 5.11 Å². The molecule has 6 heteroatoms. The first kappa shape index (κ1) is 13.7. The maximum Gasteiger partial charge on any atom is 0.308 e. The van der Waals surface area contributed by atoms with Gasteiger partial charge in [0.05, 0.1) is 12.3 Å². The molecule has 0 spiro atoms. The zero-order valence-corrected chi connectivity index (χ0v) is 11.6. The van der Waals surface area contributed by atoms with E-state index in [4.69, 9.17) is 5.11 Å². The van der Waals surface area contributed by atoms with Gasteiger partial charge in [-0.1, -0.05) is 28.1 Å². The summed E-state index contributed by atoms with van der Waals surface area (Å²) in [7, 11) is 0. The van der Waals surface area contributed by atoms with Crippen molar-refractivity contribution in [2.24, 2.45) is 5.92 Å². The molecule has 0 bridgehead atoms. The fourth-order valence-electron chi connectivity index (χ4n) is 1.99. The van der Waals surface area contributed by atoms with Crippen LogP contribution in [0.2, 0.25) is 0 Å². The number of nitrogens with zero attached hydrogens (tertiary/aromatic N) is 1. The molecule has 0 aromatic heterocycles. The molecule has 100 valence electrons. The van der Waals surface area contributed by atoms with Crippen LogP contribution in [0.15, 0.2) is 28.7 Å². The lowest BCUT2D eigenvalue weighted by molar-refractivity contribution is -0.141. The third kappa shape index (κ3) is 3.20. The number of amides is 2. The summed E-state index contributed by atoms with van der Waals surface area (Å²) >= 11 is 3.30. The molecule has 1 aromatic carbocycles. The van der Waals surface area contributed by atoms with E-state index < -0.39 is 17.8 Å². The van der Waals surface area contributed by atoms with Crippen molar-refractivity contribution in [2.45, 2.75) is 12.8 Å². The number of carboxylic acid groups (broad SMARTS) is 1. The van der Waals surface area contributed by atoms with Gasteiger partial charge in [0.1, 0.15) is 0 Å². The number of hydrogen-bond donors (Lipinski definition) is 1. The number of carbonyl (C=O) groups excluding carboxylic acids is 2. The largest absolute Gasteiger partial charge is 0.481 e. The van der Waals surface area contributed by atoms with Crippen molar-refractivity contribution in [1.82, 2.24) is 4.90 Å². The Morgan fingerprint density at radius 3 is 2.47 bits per heavy atom. The highest BCUT2D eigenvalue weighted by atomic mass is 79.9. The summed E-state index contributed by atoms with van der Waals surface area (Å²) in [6, 6.07) is 7.21. The lowest BCUT2D eigenvalue weighted by atomic mass is 10.1. The molecule has 1 heterocycles. The first-order valence-corrected chi connectivity index (χ1v) is 6.57. The lowest BCUT2D eigenvalue weighted by Crippen LogP contribution is -2.34. The second kappa shape index (κ2) is 5.52. The first-order chi connectivity index (χ1) is 8.97. The van der Waals surface area contributed by atoms with Crippen LogP contribution in [0.4, 0.5) is 0 Å². The summed E-state index contributed by atoms with van der Waals surface area (Å²) in [4.78, 5) is 35.4. The van der Waals surface area contributed by atoms with E-state index in [9.17, 15) is 14.4 Å². The molecule has 1 fully saturated rings. The van der Waals surface area contributed by atoms with E-state index >= 15 is 0 Å². The Bertz CT molecular complexity index is 526. The topological polar surface area (TPSA) is 74.7 Å². The number of halogens is 1. The van der Waals surface area contributed by atoms with E-state index in [1.54, 1.807) is 12.1 Å². The van der Waals surface area contributed by atoms with Crippen LogP contribution in [-0.2, 0) is 20.8 Å². The van der Waals surface area contributed by atoms with Gasteiger partial charge in [-0.15, -0.1) is 0 Å². The Morgan fingerprint density at radius 2 is 1.95 bits per heavy atom. The average molecular weight is 326 g/mol. The number of rotatable bonds is 3. The minimum absolute atomic E-state index is 0.0243. The Morgan fingerprint density at radius 1 is 1.32 bits per heavy atom. The molecule has 1 saturated heterocycles. The zero-order chi connectivity index (χ0) is 14.0. The quantitative estimate of drug-likeness (QED) is 0.912. The smallest absolute Gasteiger partial charge is 0.308 e. The fourth-order valence-corrected chi connectivity index (χ4v) is 2.25. The summed E-state index contributed by atoms with van der Waals surface area (Å²) in [6.07, 6.45) is 0.00672. The van der Waals surface area contributed by atoms with Crippen molar-refractivity contribution in [1.29, 1.82) is 0 Å². The molecular weight excluding hydrogens is 314 g/mol. The highest BCUT2D eigenvalue weighted by molar-refractivity contribution is 9.10. The van der Waals surface area contributed by atoms with Crippen LogP contribution in [0.1, 0.15) is 12.0 Å². The fraction of sp³-hybridized carbons (Fsp3) is 0.308. The highest BCUT2D eigenvalue weighted by Crippen LogP contribution is 2.19. The van der Waals surface area contributed by atoms with E-state index in [2.05, 4.69) is 15.9 Å². The molecule has 1 aliphatic rings. The molecule has 2 rings (SSSR count). The number of hydrogen-bond acceptors (Lipinski definition) is 3. The Hall–Kier alpha value is -1.69. The molecule has 1 aromatic rings. The number of benzene rings is 1. The van der Waals surface area contributed by atoms with Crippen molar-refractivity contribution in [2.75, 3.05) is 6.54 Å². The van der Waals surface area contributed by atoms with E-state index in [-0.39, 0.29) is 25.3 Å². The maximum absolute atomic E-state index is 12.0. The van der Waals surface area contributed by atoms with Crippen LogP contribution in [-0.4, -0.2) is 34.3 Å². The average Bonchev–Trinajstić information content (AvgIpc) is 2.74. The highest BCUT2D eigenvalue weighted by Gasteiger charge is 2.37. The van der Waals surface area contributed by atoms with Crippen LogP contribution in [0.3, 0.4) is 0 Å². The number of carbonyl (C=O) groups is 3. The summed E-state index contributed by atoms with van der Waals surface area (Å²) in [6.45, 7) is -0.0243. The van der Waals surface area contributed by atoms with E-state index in [0.717, 1.165) is 14.9 Å².